The summed E-state index contributed by atoms with van der Waals surface area (Å²) >= 11 is 0. The van der Waals surface area contributed by atoms with Crippen molar-refractivity contribution in [1.29, 1.82) is 0 Å². The Hall–Kier alpha value is -3.01. The largest absolute Gasteiger partial charge is 0.355 e. The molecule has 0 saturated carbocycles. The van der Waals surface area contributed by atoms with Gasteiger partial charge in [0.15, 0.2) is 5.82 Å². The molecule has 164 valence electrons. The van der Waals surface area contributed by atoms with Crippen LogP contribution in [0.5, 0.6) is 0 Å². The minimum Gasteiger partial charge on any atom is -0.355 e. The van der Waals surface area contributed by atoms with Crippen LogP contribution >= 0.6 is 0 Å². The van der Waals surface area contributed by atoms with Gasteiger partial charge in [-0.25, -0.2) is 8.42 Å². The summed E-state index contributed by atoms with van der Waals surface area (Å²) in [6.07, 6.45) is 3.43. The van der Waals surface area contributed by atoms with Gasteiger partial charge in [0.2, 0.25) is 21.8 Å². The number of amides is 2. The molecular weight excluding hydrogens is 418 g/mol. The zero-order valence-electron chi connectivity index (χ0n) is 17.2. The maximum Gasteiger partial charge on any atom is 0.234 e. The lowest BCUT2D eigenvalue weighted by molar-refractivity contribution is -0.147. The van der Waals surface area contributed by atoms with E-state index in [1.54, 1.807) is 24.3 Å². The third kappa shape index (κ3) is 5.19. The molecule has 31 heavy (non-hydrogen) atoms. The second-order valence-electron chi connectivity index (χ2n) is 7.76. The highest BCUT2D eigenvalue weighted by Crippen LogP contribution is 2.23. The van der Waals surface area contributed by atoms with Crippen molar-refractivity contribution in [3.63, 3.8) is 0 Å². The van der Waals surface area contributed by atoms with Gasteiger partial charge >= 0.3 is 0 Å². The van der Waals surface area contributed by atoms with E-state index in [1.165, 1.54) is 12.8 Å². The molecule has 2 aliphatic rings. The predicted molar refractivity (Wildman–Crippen MR) is 117 cm³/mol. The molecule has 2 fully saturated rings. The average molecular weight is 444 g/mol. The van der Waals surface area contributed by atoms with Gasteiger partial charge in [-0.1, -0.05) is 12.1 Å². The SMILES string of the molecule is O=C1CCCC(=O)N1CCS(=O)(=O)Nc1ccc(-c2ccc(N3CCCC3)nn2)cc1. The lowest BCUT2D eigenvalue weighted by atomic mass is 10.1. The highest BCUT2D eigenvalue weighted by Gasteiger charge is 2.27. The summed E-state index contributed by atoms with van der Waals surface area (Å²) in [5.74, 6) is -0.0908. The second-order valence-corrected chi connectivity index (χ2v) is 9.60. The molecule has 0 radical (unpaired) electrons. The van der Waals surface area contributed by atoms with E-state index >= 15 is 0 Å². The van der Waals surface area contributed by atoms with Crippen LogP contribution in [0.1, 0.15) is 32.1 Å². The number of imide groups is 1. The van der Waals surface area contributed by atoms with Gasteiger partial charge in [0.1, 0.15) is 0 Å². The van der Waals surface area contributed by atoms with Crippen LogP contribution in [0.25, 0.3) is 11.3 Å². The van der Waals surface area contributed by atoms with Gasteiger partial charge in [-0.3, -0.25) is 19.2 Å². The highest BCUT2D eigenvalue weighted by molar-refractivity contribution is 7.92. The van der Waals surface area contributed by atoms with Crippen LogP contribution in [0, 0.1) is 0 Å². The number of piperidine rings is 1. The molecular formula is C21H25N5O4S. The Bertz CT molecular complexity index is 1030. The minimum absolute atomic E-state index is 0.135. The molecule has 2 saturated heterocycles. The summed E-state index contributed by atoms with van der Waals surface area (Å²) in [7, 11) is -3.70. The number of hydrogen-bond acceptors (Lipinski definition) is 7. The standard InChI is InChI=1S/C21H25N5O4S/c27-20-4-3-5-21(28)26(20)14-15-31(29,30)24-17-8-6-16(7-9-17)18-10-11-19(23-22-18)25-12-1-2-13-25/h6-11,24H,1-5,12-15H2. The minimum atomic E-state index is -3.70. The van der Waals surface area contributed by atoms with Crippen molar-refractivity contribution < 1.29 is 18.0 Å². The number of sulfonamides is 1. The summed E-state index contributed by atoms with van der Waals surface area (Å²) in [4.78, 5) is 26.9. The van der Waals surface area contributed by atoms with Gasteiger partial charge in [0.25, 0.3) is 0 Å². The number of benzene rings is 1. The quantitative estimate of drug-likeness (QED) is 0.652. The molecule has 2 aromatic rings. The first-order valence-corrected chi connectivity index (χ1v) is 12.1. The maximum atomic E-state index is 12.4. The van der Waals surface area contributed by atoms with Crippen LogP contribution in [-0.4, -0.2) is 60.7 Å². The van der Waals surface area contributed by atoms with Crippen molar-refractivity contribution in [3.05, 3.63) is 36.4 Å². The molecule has 4 rings (SSSR count). The fraction of sp³-hybridized carbons (Fsp3) is 0.429. The van der Waals surface area contributed by atoms with Crippen molar-refractivity contribution in [3.8, 4) is 11.3 Å². The molecule has 0 atom stereocenters. The molecule has 0 aliphatic carbocycles. The van der Waals surface area contributed by atoms with E-state index in [-0.39, 0.29) is 37.0 Å². The van der Waals surface area contributed by atoms with Gasteiger partial charge in [0.05, 0.1) is 11.4 Å². The monoisotopic (exact) mass is 443 g/mol. The van der Waals surface area contributed by atoms with E-state index < -0.39 is 10.0 Å². The molecule has 3 heterocycles. The van der Waals surface area contributed by atoms with Crippen LogP contribution in [-0.2, 0) is 19.6 Å². The Morgan fingerprint density at radius 1 is 0.871 bits per heavy atom. The number of carbonyl (C=O) groups is 2. The summed E-state index contributed by atoms with van der Waals surface area (Å²) in [6, 6.07) is 10.7. The lowest BCUT2D eigenvalue weighted by Crippen LogP contribution is -2.43. The average Bonchev–Trinajstić information content (AvgIpc) is 3.29. The Morgan fingerprint density at radius 3 is 2.16 bits per heavy atom. The van der Waals surface area contributed by atoms with Crippen molar-refractivity contribution in [2.24, 2.45) is 0 Å². The van der Waals surface area contributed by atoms with Crippen LogP contribution in [0.15, 0.2) is 36.4 Å². The number of nitrogens with one attached hydrogen (secondary N) is 1. The van der Waals surface area contributed by atoms with Crippen LogP contribution in [0.4, 0.5) is 11.5 Å². The zero-order valence-corrected chi connectivity index (χ0v) is 18.0. The van der Waals surface area contributed by atoms with Crippen LogP contribution < -0.4 is 9.62 Å². The molecule has 10 heteroatoms. The normalized spacial score (nSPS) is 17.3. The molecule has 0 unspecified atom stereocenters. The van der Waals surface area contributed by atoms with E-state index in [2.05, 4.69) is 19.8 Å². The molecule has 2 aliphatic heterocycles. The van der Waals surface area contributed by atoms with E-state index in [0.717, 1.165) is 29.4 Å². The zero-order chi connectivity index (χ0) is 21.8. The van der Waals surface area contributed by atoms with Gasteiger partial charge in [-0.2, -0.15) is 0 Å². The van der Waals surface area contributed by atoms with Gasteiger partial charge in [0, 0.05) is 43.7 Å². The van der Waals surface area contributed by atoms with Crippen molar-refractivity contribution in [1.82, 2.24) is 15.1 Å². The number of likely N-dealkylation sites (tertiary alicyclic amines) is 1. The van der Waals surface area contributed by atoms with Crippen molar-refractivity contribution >= 4 is 33.3 Å². The number of aromatic nitrogens is 2. The van der Waals surface area contributed by atoms with Crippen molar-refractivity contribution in [2.45, 2.75) is 32.1 Å². The van der Waals surface area contributed by atoms with Crippen LogP contribution in [0.3, 0.4) is 0 Å². The van der Waals surface area contributed by atoms with Crippen LogP contribution in [0.2, 0.25) is 0 Å². The van der Waals surface area contributed by atoms with E-state index in [4.69, 9.17) is 0 Å². The molecule has 1 aromatic heterocycles. The highest BCUT2D eigenvalue weighted by atomic mass is 32.2. The predicted octanol–water partition coefficient (Wildman–Crippen LogP) is 2.02. The van der Waals surface area contributed by atoms with E-state index in [9.17, 15) is 18.0 Å². The number of hydrogen-bond donors (Lipinski definition) is 1. The fourth-order valence-corrected chi connectivity index (χ4v) is 4.81. The first kappa shape index (κ1) is 21.2. The Kier molecular flexibility index (Phi) is 6.17. The van der Waals surface area contributed by atoms with Gasteiger partial charge in [-0.05, 0) is 43.5 Å². The molecule has 0 bridgehead atoms. The number of carbonyl (C=O) groups excluding carboxylic acids is 2. The Labute approximate surface area is 181 Å². The summed E-state index contributed by atoms with van der Waals surface area (Å²) in [5, 5.41) is 8.60. The summed E-state index contributed by atoms with van der Waals surface area (Å²) in [6.45, 7) is 1.87. The van der Waals surface area contributed by atoms with E-state index in [1.807, 2.05) is 12.1 Å². The van der Waals surface area contributed by atoms with Gasteiger partial charge < -0.3 is 4.90 Å². The molecule has 0 spiro atoms. The Balaban J connectivity index is 1.36. The number of rotatable bonds is 7. The van der Waals surface area contributed by atoms with Gasteiger partial charge in [-0.15, -0.1) is 10.2 Å². The second kappa shape index (κ2) is 9.01. The topological polar surface area (TPSA) is 113 Å². The first-order valence-electron chi connectivity index (χ1n) is 10.4. The molecule has 1 aromatic carbocycles. The first-order chi connectivity index (χ1) is 14.9. The summed E-state index contributed by atoms with van der Waals surface area (Å²) in [5.41, 5.74) is 1.94. The number of nitrogens with zero attached hydrogens (tertiary/aromatic N) is 4. The Morgan fingerprint density at radius 2 is 1.55 bits per heavy atom. The molecule has 9 nitrogen and oxygen atoms in total. The maximum absolute atomic E-state index is 12.4. The third-order valence-corrected chi connectivity index (χ3v) is 6.77. The molecule has 2 amide bonds. The fourth-order valence-electron chi connectivity index (χ4n) is 3.79. The molecule has 1 N–H and O–H groups in total. The smallest absolute Gasteiger partial charge is 0.234 e. The van der Waals surface area contributed by atoms with Crippen molar-refractivity contribution in [2.75, 3.05) is 35.0 Å². The summed E-state index contributed by atoms with van der Waals surface area (Å²) < 4.78 is 27.3. The lowest BCUT2D eigenvalue weighted by Gasteiger charge is -2.24. The third-order valence-electron chi connectivity index (χ3n) is 5.50. The number of anilines is 2. The van der Waals surface area contributed by atoms with E-state index in [0.29, 0.717) is 17.8 Å².